The topological polar surface area (TPSA) is 76.1 Å². The number of hydrogen-bond donors (Lipinski definition) is 1. The fourth-order valence-corrected chi connectivity index (χ4v) is 3.46. The van der Waals surface area contributed by atoms with E-state index in [2.05, 4.69) is 10.3 Å². The molecular weight excluding hydrogens is 393 g/mol. The van der Waals surface area contributed by atoms with Crippen LogP contribution in [0.1, 0.15) is 19.5 Å². The molecule has 0 spiro atoms. The molecular formula is C16H14ClF3N2O3S. The van der Waals surface area contributed by atoms with E-state index in [9.17, 15) is 26.4 Å². The Morgan fingerprint density at radius 2 is 1.65 bits per heavy atom. The third kappa shape index (κ3) is 3.99. The first-order valence-corrected chi connectivity index (χ1v) is 9.08. The van der Waals surface area contributed by atoms with Crippen molar-refractivity contribution in [3.63, 3.8) is 0 Å². The Hall–Kier alpha value is -2.13. The van der Waals surface area contributed by atoms with Crippen molar-refractivity contribution in [1.29, 1.82) is 0 Å². The molecule has 0 unspecified atom stereocenters. The van der Waals surface area contributed by atoms with Crippen LogP contribution in [0, 0.1) is 0 Å². The largest absolute Gasteiger partial charge is 0.433 e. The summed E-state index contributed by atoms with van der Waals surface area (Å²) in [5.41, 5.74) is -1.20. The number of halogens is 4. The highest BCUT2D eigenvalue weighted by molar-refractivity contribution is 7.93. The molecule has 1 N–H and O–H groups in total. The van der Waals surface area contributed by atoms with Gasteiger partial charge in [-0.15, -0.1) is 0 Å². The molecule has 26 heavy (non-hydrogen) atoms. The van der Waals surface area contributed by atoms with E-state index in [0.717, 1.165) is 32.0 Å². The third-order valence-electron chi connectivity index (χ3n) is 3.62. The van der Waals surface area contributed by atoms with Crippen LogP contribution in [0.4, 0.5) is 19.0 Å². The van der Waals surface area contributed by atoms with Crippen molar-refractivity contribution in [1.82, 2.24) is 4.98 Å². The number of nitrogens with zero attached hydrogens (tertiary/aromatic N) is 1. The zero-order valence-corrected chi connectivity index (χ0v) is 15.2. The molecule has 0 radical (unpaired) electrons. The molecule has 1 heterocycles. The second-order valence-corrected chi connectivity index (χ2v) is 8.76. The van der Waals surface area contributed by atoms with Crippen molar-refractivity contribution >= 4 is 33.2 Å². The molecule has 5 nitrogen and oxygen atoms in total. The predicted molar refractivity (Wildman–Crippen MR) is 90.6 cm³/mol. The van der Waals surface area contributed by atoms with E-state index in [1.807, 2.05) is 0 Å². The van der Waals surface area contributed by atoms with E-state index in [4.69, 9.17) is 11.6 Å². The molecule has 10 heteroatoms. The zero-order valence-electron chi connectivity index (χ0n) is 13.6. The lowest BCUT2D eigenvalue weighted by Gasteiger charge is -2.23. The molecule has 1 aromatic carbocycles. The summed E-state index contributed by atoms with van der Waals surface area (Å²) in [6, 6.07) is 8.15. The predicted octanol–water partition coefficient (Wildman–Crippen LogP) is 3.94. The van der Waals surface area contributed by atoms with Gasteiger partial charge in [0.15, 0.2) is 9.84 Å². The number of anilines is 1. The van der Waals surface area contributed by atoms with Crippen molar-refractivity contribution in [3.05, 3.63) is 53.2 Å². The first-order valence-electron chi connectivity index (χ1n) is 7.21. The second-order valence-electron chi connectivity index (χ2n) is 5.83. The summed E-state index contributed by atoms with van der Waals surface area (Å²) in [5, 5.41) is 2.45. The smallest absolute Gasteiger partial charge is 0.309 e. The van der Waals surface area contributed by atoms with Crippen LogP contribution >= 0.6 is 11.6 Å². The van der Waals surface area contributed by atoms with Crippen LogP contribution in [0.5, 0.6) is 0 Å². The van der Waals surface area contributed by atoms with Crippen LogP contribution in [0.15, 0.2) is 47.4 Å². The summed E-state index contributed by atoms with van der Waals surface area (Å²) in [7, 11) is -4.13. The first kappa shape index (κ1) is 20.2. The molecule has 140 valence electrons. The van der Waals surface area contributed by atoms with E-state index in [1.165, 1.54) is 24.3 Å². The van der Waals surface area contributed by atoms with E-state index < -0.39 is 38.2 Å². The lowest BCUT2D eigenvalue weighted by Crippen LogP contribution is -2.44. The molecule has 0 saturated carbocycles. The number of nitrogens with one attached hydrogen (secondary N) is 1. The molecule has 2 aromatic rings. The summed E-state index contributed by atoms with van der Waals surface area (Å²) >= 11 is 5.72. The number of rotatable bonds is 4. The molecule has 0 atom stereocenters. The minimum atomic E-state index is -4.69. The summed E-state index contributed by atoms with van der Waals surface area (Å²) in [5.74, 6) is -1.41. The Kier molecular flexibility index (Phi) is 5.34. The van der Waals surface area contributed by atoms with Crippen molar-refractivity contribution < 1.29 is 26.4 Å². The van der Waals surface area contributed by atoms with Gasteiger partial charge in [0.1, 0.15) is 16.3 Å². The SMILES string of the molecule is CC(C)(C(=O)Nc1cccc(C(F)(F)F)n1)S(=O)(=O)c1ccc(Cl)cc1. The van der Waals surface area contributed by atoms with Crippen molar-refractivity contribution in [3.8, 4) is 0 Å². The number of pyridine rings is 1. The van der Waals surface area contributed by atoms with E-state index >= 15 is 0 Å². The van der Waals surface area contributed by atoms with E-state index in [1.54, 1.807) is 0 Å². The van der Waals surface area contributed by atoms with Crippen molar-refractivity contribution in [2.75, 3.05) is 5.32 Å². The van der Waals surface area contributed by atoms with Gasteiger partial charge >= 0.3 is 6.18 Å². The highest BCUT2D eigenvalue weighted by atomic mass is 35.5. The number of hydrogen-bond acceptors (Lipinski definition) is 4. The molecule has 0 bridgehead atoms. The first-order chi connectivity index (χ1) is 11.9. The van der Waals surface area contributed by atoms with Crippen LogP contribution in [-0.4, -0.2) is 24.1 Å². The number of benzene rings is 1. The summed E-state index contributed by atoms with van der Waals surface area (Å²) < 4.78 is 61.6. The van der Waals surface area contributed by atoms with Gasteiger partial charge in [0.2, 0.25) is 5.91 Å². The van der Waals surface area contributed by atoms with Crippen LogP contribution in [-0.2, 0) is 20.8 Å². The number of amides is 1. The number of carbonyl (C=O) groups is 1. The van der Waals surface area contributed by atoms with Crippen molar-refractivity contribution in [2.45, 2.75) is 29.7 Å². The second kappa shape index (κ2) is 6.88. The Morgan fingerprint density at radius 3 is 2.19 bits per heavy atom. The lowest BCUT2D eigenvalue weighted by atomic mass is 10.2. The van der Waals surface area contributed by atoms with Gasteiger partial charge < -0.3 is 5.32 Å². The zero-order chi connectivity index (χ0) is 19.8. The average Bonchev–Trinajstić information content (AvgIpc) is 2.54. The van der Waals surface area contributed by atoms with Gasteiger partial charge in [0.05, 0.1) is 4.90 Å². The fourth-order valence-electron chi connectivity index (χ4n) is 1.96. The highest BCUT2D eigenvalue weighted by Gasteiger charge is 2.43. The normalized spacial score (nSPS) is 12.7. The molecule has 1 aromatic heterocycles. The lowest BCUT2D eigenvalue weighted by molar-refractivity contribution is -0.141. The molecule has 0 aliphatic rings. The number of carbonyl (C=O) groups excluding carboxylic acids is 1. The van der Waals surface area contributed by atoms with Gasteiger partial charge in [-0.25, -0.2) is 13.4 Å². The average molecular weight is 407 g/mol. The Labute approximate surface area is 153 Å². The summed E-state index contributed by atoms with van der Waals surface area (Å²) in [4.78, 5) is 15.6. The van der Waals surface area contributed by atoms with Crippen LogP contribution in [0.3, 0.4) is 0 Å². The monoisotopic (exact) mass is 406 g/mol. The molecule has 2 rings (SSSR count). The van der Waals surface area contributed by atoms with Crippen LogP contribution in [0.2, 0.25) is 5.02 Å². The Morgan fingerprint density at radius 1 is 1.08 bits per heavy atom. The van der Waals surface area contributed by atoms with Gasteiger partial charge in [-0.05, 0) is 50.2 Å². The van der Waals surface area contributed by atoms with E-state index in [0.29, 0.717) is 5.02 Å². The van der Waals surface area contributed by atoms with Gasteiger partial charge in [0, 0.05) is 5.02 Å². The van der Waals surface area contributed by atoms with Crippen LogP contribution in [0.25, 0.3) is 0 Å². The number of sulfone groups is 1. The summed E-state index contributed by atoms with van der Waals surface area (Å²) in [6.07, 6.45) is -4.69. The molecule has 1 amide bonds. The molecule has 0 fully saturated rings. The Bertz CT molecular complexity index is 927. The number of aromatic nitrogens is 1. The van der Waals surface area contributed by atoms with Crippen molar-refractivity contribution in [2.24, 2.45) is 0 Å². The number of alkyl halides is 3. The maximum atomic E-state index is 12.7. The molecule has 0 aliphatic carbocycles. The fraction of sp³-hybridized carbons (Fsp3) is 0.250. The minimum Gasteiger partial charge on any atom is -0.309 e. The maximum Gasteiger partial charge on any atom is 0.433 e. The molecule has 0 aliphatic heterocycles. The van der Waals surface area contributed by atoms with Gasteiger partial charge in [-0.2, -0.15) is 13.2 Å². The van der Waals surface area contributed by atoms with Gasteiger partial charge in [0.25, 0.3) is 0 Å². The quantitative estimate of drug-likeness (QED) is 0.834. The summed E-state index contributed by atoms with van der Waals surface area (Å²) in [6.45, 7) is 2.31. The van der Waals surface area contributed by atoms with E-state index in [-0.39, 0.29) is 4.90 Å². The Balaban J connectivity index is 2.32. The molecule has 0 saturated heterocycles. The van der Waals surface area contributed by atoms with Gasteiger partial charge in [-0.3, -0.25) is 4.79 Å². The maximum absolute atomic E-state index is 12.7. The standard InChI is InChI=1S/C16H14ClF3N2O3S/c1-15(2,26(24,25)11-8-6-10(17)7-9-11)14(23)22-13-5-3-4-12(21-13)16(18,19)20/h3-9H,1-2H3,(H,21,22,23). The third-order valence-corrected chi connectivity index (χ3v) is 6.30. The van der Waals surface area contributed by atoms with Gasteiger partial charge in [-0.1, -0.05) is 17.7 Å². The van der Waals surface area contributed by atoms with Crippen LogP contribution < -0.4 is 5.32 Å². The minimum absolute atomic E-state index is 0.140. The highest BCUT2D eigenvalue weighted by Crippen LogP contribution is 2.30.